The van der Waals surface area contributed by atoms with E-state index in [0.29, 0.717) is 16.7 Å². The summed E-state index contributed by atoms with van der Waals surface area (Å²) in [6.07, 6.45) is 1.03. The molecule has 4 nitrogen and oxygen atoms in total. The molecule has 0 spiro atoms. The Hall–Kier alpha value is -2.75. The van der Waals surface area contributed by atoms with Crippen LogP contribution in [0.3, 0.4) is 0 Å². The van der Waals surface area contributed by atoms with Crippen LogP contribution < -0.4 is 0 Å². The second kappa shape index (κ2) is 5.27. The van der Waals surface area contributed by atoms with Gasteiger partial charge in [0.2, 0.25) is 0 Å². The molecule has 2 aromatic carbocycles. The molecule has 0 bridgehead atoms. The summed E-state index contributed by atoms with van der Waals surface area (Å²) in [5, 5.41) is 28.0. The Kier molecular flexibility index (Phi) is 3.52. The first-order valence-corrected chi connectivity index (χ1v) is 5.60. The summed E-state index contributed by atoms with van der Waals surface area (Å²) >= 11 is 0. The predicted molar refractivity (Wildman–Crippen MR) is 70.9 cm³/mol. The second-order valence-corrected chi connectivity index (χ2v) is 3.96. The van der Waals surface area contributed by atoms with Crippen molar-refractivity contribution in [1.82, 2.24) is 0 Å². The summed E-state index contributed by atoms with van der Waals surface area (Å²) in [7, 11) is 0. The number of phenols is 2. The van der Waals surface area contributed by atoms with Crippen molar-refractivity contribution < 1.29 is 20.1 Å². The molecule has 3 N–H and O–H groups in total. The van der Waals surface area contributed by atoms with Gasteiger partial charge in [-0.3, -0.25) is 0 Å². The number of benzene rings is 2. The van der Waals surface area contributed by atoms with Crippen LogP contribution in [0.15, 0.2) is 54.6 Å². The van der Waals surface area contributed by atoms with E-state index in [4.69, 9.17) is 5.11 Å². The van der Waals surface area contributed by atoms with Crippen LogP contribution in [0.25, 0.3) is 5.57 Å². The van der Waals surface area contributed by atoms with Gasteiger partial charge in [0.15, 0.2) is 0 Å². The molecule has 0 amide bonds. The molecule has 0 heterocycles. The Morgan fingerprint density at radius 1 is 0.947 bits per heavy atom. The van der Waals surface area contributed by atoms with E-state index < -0.39 is 5.97 Å². The van der Waals surface area contributed by atoms with Crippen molar-refractivity contribution in [2.75, 3.05) is 0 Å². The number of rotatable bonds is 3. The van der Waals surface area contributed by atoms with Crippen molar-refractivity contribution in [3.8, 4) is 11.5 Å². The number of carboxylic acid groups (broad SMARTS) is 1. The normalized spacial score (nSPS) is 11.3. The molecule has 2 rings (SSSR count). The number of para-hydroxylation sites is 1. The van der Waals surface area contributed by atoms with E-state index in [-0.39, 0.29) is 11.5 Å². The van der Waals surface area contributed by atoms with Gasteiger partial charge in [-0.15, -0.1) is 0 Å². The van der Waals surface area contributed by atoms with Crippen molar-refractivity contribution >= 4 is 11.5 Å². The fourth-order valence-electron chi connectivity index (χ4n) is 1.78. The highest BCUT2D eigenvalue weighted by molar-refractivity contribution is 5.96. The minimum Gasteiger partial charge on any atom is -0.508 e. The SMILES string of the molecule is O=C(O)C=C(c1ccc(O)cc1)c1ccccc1O. The Bertz CT molecular complexity index is 627. The summed E-state index contributed by atoms with van der Waals surface area (Å²) in [4.78, 5) is 10.9. The van der Waals surface area contributed by atoms with E-state index in [2.05, 4.69) is 0 Å². The van der Waals surface area contributed by atoms with E-state index >= 15 is 0 Å². The average Bonchev–Trinajstić information content (AvgIpc) is 2.38. The van der Waals surface area contributed by atoms with Crippen molar-refractivity contribution in [2.24, 2.45) is 0 Å². The lowest BCUT2D eigenvalue weighted by Crippen LogP contribution is -1.95. The Morgan fingerprint density at radius 2 is 1.58 bits per heavy atom. The van der Waals surface area contributed by atoms with Crippen LogP contribution in [-0.4, -0.2) is 21.3 Å². The summed E-state index contributed by atoms with van der Waals surface area (Å²) in [6, 6.07) is 12.6. The number of phenolic OH excluding ortho intramolecular Hbond substituents is 2. The molecule has 0 radical (unpaired) electrons. The van der Waals surface area contributed by atoms with Crippen LogP contribution in [0.4, 0.5) is 0 Å². The van der Waals surface area contributed by atoms with Gasteiger partial charge < -0.3 is 15.3 Å². The lowest BCUT2D eigenvalue weighted by atomic mass is 9.96. The topological polar surface area (TPSA) is 77.8 Å². The zero-order valence-electron chi connectivity index (χ0n) is 9.95. The largest absolute Gasteiger partial charge is 0.508 e. The molecule has 4 heteroatoms. The number of hydrogen-bond acceptors (Lipinski definition) is 3. The fourth-order valence-corrected chi connectivity index (χ4v) is 1.78. The maximum atomic E-state index is 10.9. The molecule has 0 atom stereocenters. The summed E-state index contributed by atoms with van der Waals surface area (Å²) in [6.45, 7) is 0. The highest BCUT2D eigenvalue weighted by Gasteiger charge is 2.11. The van der Waals surface area contributed by atoms with Gasteiger partial charge in [0.05, 0.1) is 0 Å². The van der Waals surface area contributed by atoms with E-state index in [1.807, 2.05) is 0 Å². The van der Waals surface area contributed by atoms with Gasteiger partial charge in [-0.25, -0.2) is 4.79 Å². The number of aromatic hydroxyl groups is 2. The van der Waals surface area contributed by atoms with Crippen LogP contribution >= 0.6 is 0 Å². The molecule has 0 aliphatic heterocycles. The predicted octanol–water partition coefficient (Wildman–Crippen LogP) is 2.61. The number of carboxylic acids is 1. The maximum Gasteiger partial charge on any atom is 0.328 e. The van der Waals surface area contributed by atoms with E-state index in [9.17, 15) is 15.0 Å². The Labute approximate surface area is 109 Å². The van der Waals surface area contributed by atoms with Gasteiger partial charge >= 0.3 is 5.97 Å². The molecule has 96 valence electrons. The first kappa shape index (κ1) is 12.7. The van der Waals surface area contributed by atoms with Gasteiger partial charge in [0.1, 0.15) is 11.5 Å². The zero-order valence-corrected chi connectivity index (χ0v) is 9.95. The molecular weight excluding hydrogens is 244 g/mol. The molecule has 0 aromatic heterocycles. The van der Waals surface area contributed by atoms with Gasteiger partial charge in [-0.2, -0.15) is 0 Å². The monoisotopic (exact) mass is 256 g/mol. The Balaban J connectivity index is 2.58. The summed E-state index contributed by atoms with van der Waals surface area (Å²) < 4.78 is 0. The molecule has 2 aromatic rings. The lowest BCUT2D eigenvalue weighted by molar-refractivity contribution is -0.131. The van der Waals surface area contributed by atoms with Crippen molar-refractivity contribution in [2.45, 2.75) is 0 Å². The van der Waals surface area contributed by atoms with Crippen LogP contribution in [0, 0.1) is 0 Å². The Morgan fingerprint density at radius 3 is 2.16 bits per heavy atom. The minimum absolute atomic E-state index is 0.00285. The maximum absolute atomic E-state index is 10.9. The van der Waals surface area contributed by atoms with E-state index in [1.54, 1.807) is 30.3 Å². The van der Waals surface area contributed by atoms with Crippen LogP contribution in [0.2, 0.25) is 0 Å². The standard InChI is InChI=1S/C15H12O4/c16-11-7-5-10(6-8-11)13(9-15(18)19)12-3-1-2-4-14(12)17/h1-9,16-17H,(H,18,19). The number of carbonyl (C=O) groups is 1. The first-order valence-electron chi connectivity index (χ1n) is 5.60. The van der Waals surface area contributed by atoms with Gasteiger partial charge in [-0.05, 0) is 29.3 Å². The highest BCUT2D eigenvalue weighted by Crippen LogP contribution is 2.30. The smallest absolute Gasteiger partial charge is 0.328 e. The van der Waals surface area contributed by atoms with E-state index in [1.165, 1.54) is 18.2 Å². The molecule has 0 fully saturated rings. The average molecular weight is 256 g/mol. The van der Waals surface area contributed by atoms with Crippen LogP contribution in [0.5, 0.6) is 11.5 Å². The molecule has 19 heavy (non-hydrogen) atoms. The quantitative estimate of drug-likeness (QED) is 0.738. The number of hydrogen-bond donors (Lipinski definition) is 3. The lowest BCUT2D eigenvalue weighted by Gasteiger charge is -2.09. The minimum atomic E-state index is -1.11. The molecule has 0 saturated heterocycles. The second-order valence-electron chi connectivity index (χ2n) is 3.96. The van der Waals surface area contributed by atoms with Crippen molar-refractivity contribution in [3.63, 3.8) is 0 Å². The van der Waals surface area contributed by atoms with Crippen LogP contribution in [0.1, 0.15) is 11.1 Å². The van der Waals surface area contributed by atoms with Crippen molar-refractivity contribution in [3.05, 3.63) is 65.7 Å². The highest BCUT2D eigenvalue weighted by atomic mass is 16.4. The van der Waals surface area contributed by atoms with Gasteiger partial charge in [-0.1, -0.05) is 30.3 Å². The van der Waals surface area contributed by atoms with Crippen LogP contribution in [-0.2, 0) is 4.79 Å². The molecule has 0 saturated carbocycles. The first-order chi connectivity index (χ1) is 9.08. The van der Waals surface area contributed by atoms with Gasteiger partial charge in [0.25, 0.3) is 0 Å². The molecule has 0 aliphatic rings. The fraction of sp³-hybridized carbons (Fsp3) is 0. The molecule has 0 aliphatic carbocycles. The van der Waals surface area contributed by atoms with E-state index in [0.717, 1.165) is 6.08 Å². The third-order valence-electron chi connectivity index (χ3n) is 2.64. The zero-order chi connectivity index (χ0) is 13.8. The third kappa shape index (κ3) is 2.93. The summed E-state index contributed by atoms with van der Waals surface area (Å²) in [5.74, 6) is -1.01. The van der Waals surface area contributed by atoms with Crippen molar-refractivity contribution in [1.29, 1.82) is 0 Å². The van der Waals surface area contributed by atoms with Gasteiger partial charge in [0, 0.05) is 11.6 Å². The third-order valence-corrected chi connectivity index (χ3v) is 2.64. The number of aliphatic carboxylic acids is 1. The molecule has 0 unspecified atom stereocenters. The molecular formula is C15H12O4. The summed E-state index contributed by atoms with van der Waals surface area (Å²) in [5.41, 5.74) is 1.41.